The predicted octanol–water partition coefficient (Wildman–Crippen LogP) is 3.01. The van der Waals surface area contributed by atoms with Gasteiger partial charge in [-0.15, -0.1) is 0 Å². The van der Waals surface area contributed by atoms with E-state index in [-0.39, 0.29) is 29.2 Å². The zero-order valence-corrected chi connectivity index (χ0v) is 18.9. The largest absolute Gasteiger partial charge is 0.390 e. The van der Waals surface area contributed by atoms with Crippen molar-refractivity contribution in [2.45, 2.75) is 31.9 Å². The van der Waals surface area contributed by atoms with Crippen LogP contribution < -0.4 is 16.4 Å². The molecule has 8 nitrogen and oxygen atoms in total. The fourth-order valence-corrected chi connectivity index (χ4v) is 5.18. The number of anilines is 2. The molecule has 1 fully saturated rings. The summed E-state index contributed by atoms with van der Waals surface area (Å²) in [6.07, 6.45) is 9.74. The monoisotopic (exact) mass is 463 g/mol. The van der Waals surface area contributed by atoms with Crippen molar-refractivity contribution < 1.29 is 5.11 Å². The lowest BCUT2D eigenvalue weighted by molar-refractivity contribution is 0.186. The Bertz CT molecular complexity index is 1210. The van der Waals surface area contributed by atoms with Gasteiger partial charge >= 0.3 is 0 Å². The second kappa shape index (κ2) is 8.70. The molecule has 1 spiro atoms. The highest BCUT2D eigenvalue weighted by Gasteiger charge is 2.46. The van der Waals surface area contributed by atoms with Crippen molar-refractivity contribution in [3.8, 4) is 0 Å². The summed E-state index contributed by atoms with van der Waals surface area (Å²) < 4.78 is 0. The van der Waals surface area contributed by atoms with Crippen molar-refractivity contribution in [3.63, 3.8) is 0 Å². The minimum absolute atomic E-state index is 0.0658. The van der Waals surface area contributed by atoms with Gasteiger partial charge in [0.05, 0.1) is 18.5 Å². The number of piperidine rings is 1. The highest BCUT2D eigenvalue weighted by atomic mass is 35.5. The number of hydrogen-bond donors (Lipinski definition) is 3. The molecule has 2 aromatic heterocycles. The first-order valence-corrected chi connectivity index (χ1v) is 11.4. The van der Waals surface area contributed by atoms with E-state index < -0.39 is 0 Å². The lowest BCUT2D eigenvalue weighted by atomic mass is 9.73. The summed E-state index contributed by atoms with van der Waals surface area (Å²) in [7, 11) is 0. The molecule has 3 heterocycles. The van der Waals surface area contributed by atoms with Crippen LogP contribution in [0.15, 0.2) is 36.7 Å². The summed E-state index contributed by atoms with van der Waals surface area (Å²) in [6.45, 7) is 1.47. The third-order valence-electron chi connectivity index (χ3n) is 6.89. The molecule has 0 amide bonds. The molecule has 33 heavy (non-hydrogen) atoms. The first kappa shape index (κ1) is 21.8. The van der Waals surface area contributed by atoms with E-state index in [1.807, 2.05) is 0 Å². The standard InChI is InChI=1S/C24H26ClN7O/c25-23-29-12-16(21(27)31-23)5-6-17-13-28-22(19(14-33)30-17)32-9-7-24(8-10-32)11-15-3-1-2-4-18(15)20(24)26/h1-6,12-13,20,33H,7-11,14,26H2,(H2,27,29,31). The van der Waals surface area contributed by atoms with Crippen LogP contribution in [0.2, 0.25) is 5.28 Å². The molecule has 1 saturated heterocycles. The molecule has 1 aliphatic carbocycles. The summed E-state index contributed by atoms with van der Waals surface area (Å²) in [5, 5.41) is 10.1. The molecule has 0 radical (unpaired) electrons. The molecular weight excluding hydrogens is 438 g/mol. The van der Waals surface area contributed by atoms with Gasteiger partial charge in [-0.05, 0) is 59.6 Å². The van der Waals surface area contributed by atoms with Gasteiger partial charge in [-0.25, -0.2) is 19.9 Å². The molecule has 2 aliphatic rings. The van der Waals surface area contributed by atoms with Crippen molar-refractivity contribution in [2.75, 3.05) is 23.7 Å². The quantitative estimate of drug-likeness (QED) is 0.504. The Balaban J connectivity index is 1.31. The third kappa shape index (κ3) is 4.06. The van der Waals surface area contributed by atoms with E-state index in [2.05, 4.69) is 49.1 Å². The molecule has 1 aliphatic heterocycles. The number of aromatic nitrogens is 4. The predicted molar refractivity (Wildman–Crippen MR) is 129 cm³/mol. The fourth-order valence-electron chi connectivity index (χ4n) is 5.04. The van der Waals surface area contributed by atoms with Gasteiger partial charge in [0.25, 0.3) is 0 Å². The van der Waals surface area contributed by atoms with Gasteiger partial charge in [0.2, 0.25) is 5.28 Å². The molecule has 9 heteroatoms. The Labute approximate surface area is 197 Å². The smallest absolute Gasteiger partial charge is 0.224 e. The molecule has 1 aromatic carbocycles. The topological polar surface area (TPSA) is 127 Å². The highest BCUT2D eigenvalue weighted by molar-refractivity contribution is 6.28. The maximum absolute atomic E-state index is 9.97. The summed E-state index contributed by atoms with van der Waals surface area (Å²) in [4.78, 5) is 19.3. The zero-order chi connectivity index (χ0) is 23.0. The van der Waals surface area contributed by atoms with Crippen molar-refractivity contribution >= 4 is 35.4 Å². The van der Waals surface area contributed by atoms with Crippen LogP contribution in [0, 0.1) is 5.41 Å². The summed E-state index contributed by atoms with van der Waals surface area (Å²) in [5.41, 5.74) is 17.1. The number of fused-ring (bicyclic) bond motifs is 1. The SMILES string of the molecule is Nc1nc(Cl)ncc1C=Cc1cnc(N2CCC3(CC2)Cc2ccccc2C3N)c(CO)n1. The van der Waals surface area contributed by atoms with Gasteiger partial charge in [0.15, 0.2) is 5.82 Å². The number of benzene rings is 1. The molecule has 0 bridgehead atoms. The number of aliphatic hydroxyl groups excluding tert-OH is 1. The van der Waals surface area contributed by atoms with Gasteiger partial charge in [-0.1, -0.05) is 24.3 Å². The van der Waals surface area contributed by atoms with Crippen LogP contribution in [0.5, 0.6) is 0 Å². The second-order valence-corrected chi connectivity index (χ2v) is 9.08. The van der Waals surface area contributed by atoms with E-state index in [9.17, 15) is 5.11 Å². The number of nitrogens with zero attached hydrogens (tertiary/aromatic N) is 5. The van der Waals surface area contributed by atoms with Gasteiger partial charge in [0.1, 0.15) is 11.5 Å². The Kier molecular flexibility index (Phi) is 5.74. The number of halogens is 1. The number of hydrogen-bond acceptors (Lipinski definition) is 8. The van der Waals surface area contributed by atoms with Crippen molar-refractivity contribution in [3.05, 3.63) is 70.0 Å². The lowest BCUT2D eigenvalue weighted by Gasteiger charge is -2.42. The van der Waals surface area contributed by atoms with Gasteiger partial charge < -0.3 is 21.5 Å². The average Bonchev–Trinajstić information content (AvgIpc) is 3.10. The second-order valence-electron chi connectivity index (χ2n) is 8.74. The van der Waals surface area contributed by atoms with Gasteiger partial charge in [0, 0.05) is 30.9 Å². The van der Waals surface area contributed by atoms with Crippen LogP contribution in [-0.2, 0) is 13.0 Å². The summed E-state index contributed by atoms with van der Waals surface area (Å²) in [6, 6.07) is 8.58. The number of aliphatic hydroxyl groups is 1. The minimum Gasteiger partial charge on any atom is -0.390 e. The fraction of sp³-hybridized carbons (Fsp3) is 0.333. The average molecular weight is 464 g/mol. The molecule has 5 N–H and O–H groups in total. The van der Waals surface area contributed by atoms with Crippen LogP contribution in [0.1, 0.15) is 47.0 Å². The normalized spacial score (nSPS) is 19.4. The Hall–Kier alpha value is -3.07. The molecule has 5 rings (SSSR count). The summed E-state index contributed by atoms with van der Waals surface area (Å²) in [5.74, 6) is 1.01. The Morgan fingerprint density at radius 2 is 1.91 bits per heavy atom. The molecule has 0 saturated carbocycles. The van der Waals surface area contributed by atoms with Gasteiger partial charge in [-0.2, -0.15) is 0 Å². The van der Waals surface area contributed by atoms with Crippen molar-refractivity contribution in [2.24, 2.45) is 11.1 Å². The van der Waals surface area contributed by atoms with Crippen LogP contribution in [0.3, 0.4) is 0 Å². The number of nitrogen functional groups attached to an aromatic ring is 1. The van der Waals surface area contributed by atoms with E-state index in [1.54, 1.807) is 24.5 Å². The van der Waals surface area contributed by atoms with E-state index in [0.717, 1.165) is 38.2 Å². The third-order valence-corrected chi connectivity index (χ3v) is 7.08. The number of rotatable bonds is 4. The molecular formula is C24H26ClN7O. The van der Waals surface area contributed by atoms with Crippen molar-refractivity contribution in [1.82, 2.24) is 19.9 Å². The molecule has 170 valence electrons. The minimum atomic E-state index is -0.192. The van der Waals surface area contributed by atoms with E-state index in [1.165, 1.54) is 11.1 Å². The first-order valence-electron chi connectivity index (χ1n) is 11.0. The molecule has 3 aromatic rings. The Morgan fingerprint density at radius 3 is 2.64 bits per heavy atom. The maximum atomic E-state index is 9.97. The highest BCUT2D eigenvalue weighted by Crippen LogP contribution is 2.51. The van der Waals surface area contributed by atoms with Crippen LogP contribution in [-0.4, -0.2) is 38.1 Å². The summed E-state index contributed by atoms with van der Waals surface area (Å²) >= 11 is 5.75. The maximum Gasteiger partial charge on any atom is 0.224 e. The molecule has 1 atom stereocenters. The van der Waals surface area contributed by atoms with E-state index >= 15 is 0 Å². The number of nitrogens with two attached hydrogens (primary N) is 2. The molecule has 1 unspecified atom stereocenters. The lowest BCUT2D eigenvalue weighted by Crippen LogP contribution is -2.45. The Morgan fingerprint density at radius 1 is 1.12 bits per heavy atom. The van der Waals surface area contributed by atoms with Crippen molar-refractivity contribution in [1.29, 1.82) is 0 Å². The zero-order valence-electron chi connectivity index (χ0n) is 18.2. The van der Waals surface area contributed by atoms with Crippen LogP contribution >= 0.6 is 11.6 Å². The van der Waals surface area contributed by atoms with Crippen LogP contribution in [0.25, 0.3) is 12.2 Å². The first-order chi connectivity index (χ1) is 16.0. The van der Waals surface area contributed by atoms with E-state index in [4.69, 9.17) is 23.1 Å². The van der Waals surface area contributed by atoms with Gasteiger partial charge in [-0.3, -0.25) is 0 Å². The van der Waals surface area contributed by atoms with E-state index in [0.29, 0.717) is 17.0 Å². The van der Waals surface area contributed by atoms with Crippen LogP contribution in [0.4, 0.5) is 11.6 Å².